The second-order valence-corrected chi connectivity index (χ2v) is 8.45. The number of fused-ring (bicyclic) bond motifs is 3. The van der Waals surface area contributed by atoms with E-state index in [4.69, 9.17) is 9.47 Å². The molecule has 1 spiro atoms. The molecule has 1 atom stereocenters. The first-order valence-corrected chi connectivity index (χ1v) is 10.8. The summed E-state index contributed by atoms with van der Waals surface area (Å²) < 4.78 is 13.8. The van der Waals surface area contributed by atoms with Crippen molar-refractivity contribution >= 4 is 39.3 Å². The molecule has 2 aromatic heterocycles. The number of hydrogen-bond acceptors (Lipinski definition) is 5. The van der Waals surface area contributed by atoms with Gasteiger partial charge in [0.15, 0.2) is 5.79 Å². The van der Waals surface area contributed by atoms with Gasteiger partial charge in [0.25, 0.3) is 0 Å². The molecule has 2 aliphatic heterocycles. The molecule has 2 amide bonds. The Labute approximate surface area is 179 Å². The molecule has 1 N–H and O–H groups in total. The zero-order valence-electron chi connectivity index (χ0n) is 17.1. The number of benzene rings is 1. The van der Waals surface area contributed by atoms with Gasteiger partial charge in [-0.2, -0.15) is 0 Å². The van der Waals surface area contributed by atoms with E-state index in [0.717, 1.165) is 46.8 Å². The van der Waals surface area contributed by atoms with E-state index in [1.165, 1.54) is 5.57 Å². The van der Waals surface area contributed by atoms with Crippen LogP contribution in [-0.4, -0.2) is 40.4 Å². The first kappa shape index (κ1) is 18.7. The van der Waals surface area contributed by atoms with Crippen molar-refractivity contribution in [1.29, 1.82) is 0 Å². The number of rotatable bonds is 2. The van der Waals surface area contributed by atoms with Gasteiger partial charge in [-0.25, -0.2) is 4.98 Å². The number of allylic oxidation sites excluding steroid dienone is 1. The molecule has 1 aliphatic carbocycles. The number of nitrogens with one attached hydrogen (secondary N) is 1. The first-order chi connectivity index (χ1) is 15.2. The molecule has 1 unspecified atom stereocenters. The molecule has 0 bridgehead atoms. The van der Waals surface area contributed by atoms with E-state index in [0.29, 0.717) is 26.1 Å². The zero-order valence-corrected chi connectivity index (χ0v) is 17.1. The van der Waals surface area contributed by atoms with Gasteiger partial charge in [-0.3, -0.25) is 14.9 Å². The number of aromatic nitrogens is 2. The smallest absolute Gasteiger partial charge is 0.249 e. The monoisotopic (exact) mass is 417 g/mol. The maximum Gasteiger partial charge on any atom is 0.249 e. The van der Waals surface area contributed by atoms with Crippen LogP contribution in [0.2, 0.25) is 0 Å². The van der Waals surface area contributed by atoms with Gasteiger partial charge in [0, 0.05) is 36.2 Å². The lowest BCUT2D eigenvalue weighted by molar-refractivity contribution is -0.159. The Balaban J connectivity index is 1.52. The van der Waals surface area contributed by atoms with Crippen molar-refractivity contribution in [3.05, 3.63) is 48.2 Å². The molecule has 6 rings (SSSR count). The van der Waals surface area contributed by atoms with Crippen LogP contribution in [0.5, 0.6) is 0 Å². The second-order valence-electron chi connectivity index (χ2n) is 8.45. The molecule has 7 heteroatoms. The van der Waals surface area contributed by atoms with Crippen LogP contribution in [0.1, 0.15) is 43.7 Å². The van der Waals surface area contributed by atoms with Crippen LogP contribution in [-0.2, 0) is 19.1 Å². The Morgan fingerprint density at radius 1 is 1.10 bits per heavy atom. The zero-order chi connectivity index (χ0) is 21.0. The summed E-state index contributed by atoms with van der Waals surface area (Å²) in [6, 6.07) is 9.75. The van der Waals surface area contributed by atoms with Crippen LogP contribution in [0.3, 0.4) is 0 Å². The third-order valence-corrected chi connectivity index (χ3v) is 6.70. The number of amides is 2. The summed E-state index contributed by atoms with van der Waals surface area (Å²) in [6.07, 6.45) is 7.23. The molecule has 158 valence electrons. The molecular formula is C24H23N3O4. The van der Waals surface area contributed by atoms with Gasteiger partial charge in [-0.1, -0.05) is 18.2 Å². The van der Waals surface area contributed by atoms with Crippen molar-refractivity contribution in [2.45, 2.75) is 43.9 Å². The molecule has 3 aromatic rings. The van der Waals surface area contributed by atoms with Gasteiger partial charge in [0.2, 0.25) is 11.8 Å². The average molecular weight is 417 g/mol. The van der Waals surface area contributed by atoms with E-state index in [-0.39, 0.29) is 11.8 Å². The summed E-state index contributed by atoms with van der Waals surface area (Å²) >= 11 is 0. The van der Waals surface area contributed by atoms with Gasteiger partial charge in [-0.15, -0.1) is 0 Å². The van der Waals surface area contributed by atoms with E-state index < -0.39 is 11.8 Å². The Morgan fingerprint density at radius 2 is 1.97 bits per heavy atom. The highest BCUT2D eigenvalue weighted by Gasteiger charge is 2.38. The molecule has 2 saturated heterocycles. The Morgan fingerprint density at radius 3 is 2.74 bits per heavy atom. The number of hydrogen-bond donors (Lipinski definition) is 1. The maximum atomic E-state index is 12.7. The average Bonchev–Trinajstić information content (AvgIpc) is 3.37. The highest BCUT2D eigenvalue weighted by atomic mass is 16.7. The van der Waals surface area contributed by atoms with Crippen LogP contribution in [0, 0.1) is 0 Å². The summed E-state index contributed by atoms with van der Waals surface area (Å²) in [7, 11) is 0. The molecule has 4 heterocycles. The van der Waals surface area contributed by atoms with Crippen molar-refractivity contribution in [3.8, 4) is 0 Å². The predicted molar refractivity (Wildman–Crippen MR) is 115 cm³/mol. The van der Waals surface area contributed by atoms with Gasteiger partial charge >= 0.3 is 0 Å². The van der Waals surface area contributed by atoms with Crippen LogP contribution in [0.15, 0.2) is 42.6 Å². The maximum absolute atomic E-state index is 12.7. The standard InChI is InChI=1S/C24H23N3O4/c28-20-7-6-19(23(29)26-20)27-18-5-1-3-16(21(18)17-4-2-12-25-22(17)27)15-8-10-24(11-9-15)30-13-14-31-24/h1-5,8,12,19H,6-7,9-11,13-14H2,(H,26,28,29). The molecular weight excluding hydrogens is 394 g/mol. The van der Waals surface area contributed by atoms with Crippen LogP contribution >= 0.6 is 0 Å². The van der Waals surface area contributed by atoms with E-state index >= 15 is 0 Å². The summed E-state index contributed by atoms with van der Waals surface area (Å²) in [5.74, 6) is -0.937. The molecule has 1 aromatic carbocycles. The number of pyridine rings is 1. The minimum absolute atomic E-state index is 0.215. The lowest BCUT2D eigenvalue weighted by Gasteiger charge is -2.31. The number of carbonyl (C=O) groups excluding carboxylic acids is 2. The van der Waals surface area contributed by atoms with Crippen LogP contribution < -0.4 is 5.32 Å². The van der Waals surface area contributed by atoms with Crippen molar-refractivity contribution in [1.82, 2.24) is 14.9 Å². The molecule has 0 saturated carbocycles. The van der Waals surface area contributed by atoms with Gasteiger partial charge in [0.05, 0.1) is 18.7 Å². The lowest BCUT2D eigenvalue weighted by Crippen LogP contribution is -2.41. The topological polar surface area (TPSA) is 82.5 Å². The molecule has 7 nitrogen and oxygen atoms in total. The first-order valence-electron chi connectivity index (χ1n) is 10.8. The van der Waals surface area contributed by atoms with Crippen molar-refractivity contribution in [2.75, 3.05) is 13.2 Å². The number of piperidine rings is 1. The Kier molecular flexibility index (Phi) is 4.23. The van der Waals surface area contributed by atoms with Crippen LogP contribution in [0.4, 0.5) is 0 Å². The largest absolute Gasteiger partial charge is 0.347 e. The fourth-order valence-corrected chi connectivity index (χ4v) is 5.25. The summed E-state index contributed by atoms with van der Waals surface area (Å²) in [5.41, 5.74) is 4.17. The molecule has 3 aliphatic rings. The minimum Gasteiger partial charge on any atom is -0.347 e. The summed E-state index contributed by atoms with van der Waals surface area (Å²) in [5, 5.41) is 4.61. The van der Waals surface area contributed by atoms with Gasteiger partial charge in [-0.05, 0) is 42.2 Å². The lowest BCUT2D eigenvalue weighted by atomic mass is 9.88. The quantitative estimate of drug-likeness (QED) is 0.646. The number of imide groups is 1. The van der Waals surface area contributed by atoms with E-state index in [1.54, 1.807) is 6.20 Å². The van der Waals surface area contributed by atoms with Crippen molar-refractivity contribution in [3.63, 3.8) is 0 Å². The van der Waals surface area contributed by atoms with E-state index in [9.17, 15) is 9.59 Å². The molecule has 31 heavy (non-hydrogen) atoms. The summed E-state index contributed by atoms with van der Waals surface area (Å²) in [4.78, 5) is 29.0. The predicted octanol–water partition coefficient (Wildman–Crippen LogP) is 3.48. The fraction of sp³-hybridized carbons (Fsp3) is 0.375. The summed E-state index contributed by atoms with van der Waals surface area (Å²) in [6.45, 7) is 1.31. The number of nitrogens with zero attached hydrogens (tertiary/aromatic N) is 2. The Bertz CT molecular complexity index is 1250. The third-order valence-electron chi connectivity index (χ3n) is 6.70. The highest BCUT2D eigenvalue weighted by molar-refractivity contribution is 6.13. The Hall–Kier alpha value is -3.03. The van der Waals surface area contributed by atoms with E-state index in [2.05, 4.69) is 28.5 Å². The van der Waals surface area contributed by atoms with Gasteiger partial charge in [0.1, 0.15) is 11.7 Å². The SMILES string of the molecule is O=C1CCC(n2c3cccc(C4=CCC5(CC4)OCCO5)c3c3cccnc32)C(=O)N1. The van der Waals surface area contributed by atoms with Crippen molar-refractivity contribution in [2.24, 2.45) is 0 Å². The normalized spacial score (nSPS) is 23.5. The van der Waals surface area contributed by atoms with Crippen LogP contribution in [0.25, 0.3) is 27.5 Å². The number of carbonyl (C=O) groups is 2. The van der Waals surface area contributed by atoms with Crippen molar-refractivity contribution < 1.29 is 19.1 Å². The number of ether oxygens (including phenoxy) is 2. The molecule has 0 radical (unpaired) electrons. The minimum atomic E-state index is -0.459. The second kappa shape index (κ2) is 7.00. The van der Waals surface area contributed by atoms with E-state index in [1.807, 2.05) is 22.8 Å². The third kappa shape index (κ3) is 2.91. The fourth-order valence-electron chi connectivity index (χ4n) is 5.25. The highest BCUT2D eigenvalue weighted by Crippen LogP contribution is 2.42. The van der Waals surface area contributed by atoms with Gasteiger partial charge < -0.3 is 14.0 Å². The molecule has 2 fully saturated rings.